The lowest BCUT2D eigenvalue weighted by Gasteiger charge is -2.06. The molecule has 0 aliphatic carbocycles. The van der Waals surface area contributed by atoms with Crippen molar-refractivity contribution in [3.05, 3.63) is 23.0 Å². The zero-order chi connectivity index (χ0) is 12.8. The van der Waals surface area contributed by atoms with Gasteiger partial charge in [-0.15, -0.1) is 0 Å². The Bertz CT molecular complexity index is 436. The van der Waals surface area contributed by atoms with Crippen LogP contribution < -0.4 is 5.32 Å². The van der Waals surface area contributed by atoms with Gasteiger partial charge in [-0.2, -0.15) is 0 Å². The molecule has 2 N–H and O–H groups in total. The number of ether oxygens (including phenoxy) is 1. The topological polar surface area (TPSA) is 88.5 Å². The van der Waals surface area contributed by atoms with Crippen molar-refractivity contribution in [3.63, 3.8) is 0 Å². The van der Waals surface area contributed by atoms with Gasteiger partial charge in [0, 0.05) is 0 Å². The molecule has 0 aromatic carbocycles. The normalized spacial score (nSPS) is 10.0. The van der Waals surface area contributed by atoms with Crippen LogP contribution in [-0.2, 0) is 14.3 Å². The van der Waals surface area contributed by atoms with Crippen molar-refractivity contribution in [2.24, 2.45) is 0 Å². The molecular formula is C10H11ClN2O4. The maximum Gasteiger partial charge on any atom is 0.329 e. The monoisotopic (exact) mass is 258 g/mol. The van der Waals surface area contributed by atoms with E-state index in [9.17, 15) is 9.59 Å². The Morgan fingerprint density at radius 2 is 2.24 bits per heavy atom. The first kappa shape index (κ1) is 13.4. The van der Waals surface area contributed by atoms with E-state index in [-0.39, 0.29) is 6.61 Å². The number of hydrogen-bond acceptors (Lipinski definition) is 4. The van der Waals surface area contributed by atoms with Crippen LogP contribution in [0.15, 0.2) is 12.3 Å². The zero-order valence-electron chi connectivity index (χ0n) is 9.07. The van der Waals surface area contributed by atoms with Crippen LogP contribution in [0.4, 0.5) is 5.69 Å². The number of hydrogen-bond donors (Lipinski definition) is 2. The molecule has 0 unspecified atom stereocenters. The molecule has 1 heterocycles. The van der Waals surface area contributed by atoms with E-state index in [2.05, 4.69) is 15.0 Å². The van der Waals surface area contributed by atoms with E-state index in [1.165, 1.54) is 6.20 Å². The number of carbonyl (C=O) groups is 2. The van der Waals surface area contributed by atoms with Crippen molar-refractivity contribution in [1.29, 1.82) is 0 Å². The standard InChI is InChI=1S/C10H11ClN2O4/c1-6-2-7(3-12-10(6)11)13-8(14)4-17-5-9(15)16/h2-3H,4-5H2,1H3,(H,13,14)(H,15,16). The highest BCUT2D eigenvalue weighted by Gasteiger charge is 2.06. The average Bonchev–Trinajstić information content (AvgIpc) is 2.23. The van der Waals surface area contributed by atoms with Crippen LogP contribution in [-0.4, -0.2) is 35.2 Å². The van der Waals surface area contributed by atoms with Crippen LogP contribution in [0.25, 0.3) is 0 Å². The smallest absolute Gasteiger partial charge is 0.329 e. The Balaban J connectivity index is 2.45. The van der Waals surface area contributed by atoms with Crippen molar-refractivity contribution >= 4 is 29.2 Å². The molecule has 1 rings (SSSR count). The fraction of sp³-hybridized carbons (Fsp3) is 0.300. The van der Waals surface area contributed by atoms with Crippen molar-refractivity contribution < 1.29 is 19.4 Å². The fourth-order valence-corrected chi connectivity index (χ4v) is 1.16. The van der Waals surface area contributed by atoms with Crippen molar-refractivity contribution in [3.8, 4) is 0 Å². The summed E-state index contributed by atoms with van der Waals surface area (Å²) in [7, 11) is 0. The molecule has 7 heteroatoms. The molecule has 0 aliphatic heterocycles. The van der Waals surface area contributed by atoms with E-state index in [1.807, 2.05) is 0 Å². The molecule has 1 aromatic heterocycles. The summed E-state index contributed by atoms with van der Waals surface area (Å²) in [5.74, 6) is -1.57. The quantitative estimate of drug-likeness (QED) is 0.772. The maximum absolute atomic E-state index is 11.3. The van der Waals surface area contributed by atoms with Crippen LogP contribution in [0, 0.1) is 6.92 Å². The summed E-state index contributed by atoms with van der Waals surface area (Å²) in [4.78, 5) is 25.3. The zero-order valence-corrected chi connectivity index (χ0v) is 9.82. The maximum atomic E-state index is 11.3. The Morgan fingerprint density at radius 1 is 1.53 bits per heavy atom. The number of aromatic nitrogens is 1. The highest BCUT2D eigenvalue weighted by atomic mass is 35.5. The van der Waals surface area contributed by atoms with E-state index in [0.717, 1.165) is 5.56 Å². The molecule has 0 radical (unpaired) electrons. The molecule has 0 fully saturated rings. The van der Waals surface area contributed by atoms with Crippen LogP contribution in [0.5, 0.6) is 0 Å². The van der Waals surface area contributed by atoms with E-state index >= 15 is 0 Å². The number of aryl methyl sites for hydroxylation is 1. The lowest BCUT2D eigenvalue weighted by Crippen LogP contribution is -2.20. The van der Waals surface area contributed by atoms with Crippen molar-refractivity contribution in [2.45, 2.75) is 6.92 Å². The molecular weight excluding hydrogens is 248 g/mol. The van der Waals surface area contributed by atoms with Gasteiger partial charge in [0.15, 0.2) is 0 Å². The summed E-state index contributed by atoms with van der Waals surface area (Å²) in [6.45, 7) is 0.922. The Kier molecular flexibility index (Phi) is 4.86. The average molecular weight is 259 g/mol. The second-order valence-corrected chi connectivity index (χ2v) is 3.62. The molecule has 1 aromatic rings. The summed E-state index contributed by atoms with van der Waals surface area (Å²) in [6, 6.07) is 1.66. The Morgan fingerprint density at radius 3 is 2.82 bits per heavy atom. The van der Waals surface area contributed by atoms with Gasteiger partial charge in [0.1, 0.15) is 18.4 Å². The molecule has 0 atom stereocenters. The first-order valence-corrected chi connectivity index (χ1v) is 5.08. The van der Waals surface area contributed by atoms with Gasteiger partial charge in [0.05, 0.1) is 11.9 Å². The van der Waals surface area contributed by atoms with Crippen molar-refractivity contribution in [2.75, 3.05) is 18.5 Å². The number of anilines is 1. The van der Waals surface area contributed by atoms with Gasteiger partial charge in [-0.05, 0) is 18.6 Å². The summed E-state index contributed by atoms with van der Waals surface area (Å²) in [5.41, 5.74) is 1.21. The third-order valence-corrected chi connectivity index (χ3v) is 2.15. The highest BCUT2D eigenvalue weighted by molar-refractivity contribution is 6.30. The molecule has 0 spiro atoms. The summed E-state index contributed by atoms with van der Waals surface area (Å²) in [6.07, 6.45) is 1.41. The number of amides is 1. The van der Waals surface area contributed by atoms with Gasteiger partial charge in [0.25, 0.3) is 0 Å². The SMILES string of the molecule is Cc1cc(NC(=O)COCC(=O)O)cnc1Cl. The van der Waals surface area contributed by atoms with Gasteiger partial charge < -0.3 is 15.2 Å². The number of carbonyl (C=O) groups excluding carboxylic acids is 1. The van der Waals surface area contributed by atoms with Crippen LogP contribution in [0.1, 0.15) is 5.56 Å². The predicted octanol–water partition coefficient (Wildman–Crippen LogP) is 1.08. The third kappa shape index (κ3) is 4.80. The molecule has 0 aliphatic rings. The minimum Gasteiger partial charge on any atom is -0.480 e. The van der Waals surface area contributed by atoms with Crippen LogP contribution >= 0.6 is 11.6 Å². The molecule has 1 amide bonds. The number of rotatable bonds is 5. The lowest BCUT2D eigenvalue weighted by atomic mass is 10.3. The number of aliphatic carboxylic acids is 1. The van der Waals surface area contributed by atoms with Crippen LogP contribution in [0.2, 0.25) is 5.15 Å². The number of pyridine rings is 1. The minimum atomic E-state index is -1.12. The van der Waals surface area contributed by atoms with E-state index in [4.69, 9.17) is 16.7 Å². The van der Waals surface area contributed by atoms with E-state index in [1.54, 1.807) is 13.0 Å². The molecule has 0 saturated carbocycles. The highest BCUT2D eigenvalue weighted by Crippen LogP contribution is 2.15. The van der Waals surface area contributed by atoms with Gasteiger partial charge in [-0.25, -0.2) is 9.78 Å². The summed E-state index contributed by atoms with van der Waals surface area (Å²) in [5, 5.41) is 11.2. The molecule has 6 nitrogen and oxygen atoms in total. The van der Waals surface area contributed by atoms with Crippen molar-refractivity contribution in [1.82, 2.24) is 4.98 Å². The second-order valence-electron chi connectivity index (χ2n) is 3.27. The minimum absolute atomic E-state index is 0.325. The molecule has 92 valence electrons. The van der Waals surface area contributed by atoms with Gasteiger partial charge in [-0.3, -0.25) is 4.79 Å². The summed E-state index contributed by atoms with van der Waals surface area (Å²) < 4.78 is 4.62. The molecule has 0 saturated heterocycles. The predicted molar refractivity (Wildman–Crippen MR) is 61.1 cm³/mol. The molecule has 17 heavy (non-hydrogen) atoms. The van der Waals surface area contributed by atoms with E-state index < -0.39 is 18.5 Å². The first-order valence-electron chi connectivity index (χ1n) is 4.70. The number of nitrogens with zero attached hydrogens (tertiary/aromatic N) is 1. The number of nitrogens with one attached hydrogen (secondary N) is 1. The van der Waals surface area contributed by atoms with Gasteiger partial charge in [-0.1, -0.05) is 11.6 Å². The number of carboxylic acid groups (broad SMARTS) is 1. The number of carboxylic acids is 1. The Labute approximate surface area is 103 Å². The fourth-order valence-electron chi connectivity index (χ4n) is 1.05. The lowest BCUT2D eigenvalue weighted by molar-refractivity contribution is -0.143. The Hall–Kier alpha value is -1.66. The second kappa shape index (κ2) is 6.17. The first-order chi connectivity index (χ1) is 7.99. The molecule has 0 bridgehead atoms. The number of halogens is 1. The largest absolute Gasteiger partial charge is 0.480 e. The van der Waals surface area contributed by atoms with Gasteiger partial charge in [0.2, 0.25) is 5.91 Å². The van der Waals surface area contributed by atoms with E-state index in [0.29, 0.717) is 10.8 Å². The summed E-state index contributed by atoms with van der Waals surface area (Å²) >= 11 is 5.72. The van der Waals surface area contributed by atoms with Gasteiger partial charge >= 0.3 is 5.97 Å². The van der Waals surface area contributed by atoms with Crippen LogP contribution in [0.3, 0.4) is 0 Å². The third-order valence-electron chi connectivity index (χ3n) is 1.76.